The number of aromatic nitrogens is 2. The van der Waals surface area contributed by atoms with E-state index in [9.17, 15) is 10.1 Å². The Morgan fingerprint density at radius 2 is 1.80 bits per heavy atom. The van der Waals surface area contributed by atoms with Gasteiger partial charge in [0.25, 0.3) is 0 Å². The highest BCUT2D eigenvalue weighted by Gasteiger charge is 2.28. The average Bonchev–Trinajstić information content (AvgIpc) is 2.74. The van der Waals surface area contributed by atoms with Crippen LogP contribution in [0.1, 0.15) is 12.5 Å². The molecule has 0 aliphatic rings. The standard InChI is InChI=1S/C23H21N5O2/c1-3-27(20-13-7-10-17-9-4-5-12-19(17)20)23-21(28(29)30)22(24-15-25-23)26-18-11-6-8-16(2)14-18/h4-15H,3H2,1-2H3,(H,24,25,26). The number of anilines is 4. The third-order valence-electron chi connectivity index (χ3n) is 4.90. The van der Waals surface area contributed by atoms with Gasteiger partial charge >= 0.3 is 5.69 Å². The van der Waals surface area contributed by atoms with Gasteiger partial charge in [0, 0.05) is 17.6 Å². The molecule has 1 heterocycles. The Bertz CT molecular complexity index is 1220. The zero-order chi connectivity index (χ0) is 21.1. The van der Waals surface area contributed by atoms with Crippen LogP contribution in [0.5, 0.6) is 0 Å². The van der Waals surface area contributed by atoms with Crippen LogP contribution >= 0.6 is 0 Å². The zero-order valence-electron chi connectivity index (χ0n) is 16.7. The van der Waals surface area contributed by atoms with E-state index in [4.69, 9.17) is 0 Å². The normalized spacial score (nSPS) is 10.7. The fourth-order valence-corrected chi connectivity index (χ4v) is 3.56. The number of aryl methyl sites for hydroxylation is 1. The maximum atomic E-state index is 12.1. The molecule has 3 aromatic carbocycles. The monoisotopic (exact) mass is 399 g/mol. The molecule has 4 rings (SSSR count). The topological polar surface area (TPSA) is 84.2 Å². The van der Waals surface area contributed by atoms with Crippen molar-refractivity contribution < 1.29 is 4.92 Å². The number of hydrogen-bond acceptors (Lipinski definition) is 6. The molecule has 0 amide bonds. The van der Waals surface area contributed by atoms with Crippen molar-refractivity contribution in [1.82, 2.24) is 9.97 Å². The maximum absolute atomic E-state index is 12.1. The first kappa shape index (κ1) is 19.3. The Hall–Kier alpha value is -4.00. The summed E-state index contributed by atoms with van der Waals surface area (Å²) in [5.41, 5.74) is 2.48. The van der Waals surface area contributed by atoms with Crippen molar-refractivity contribution >= 4 is 39.5 Å². The van der Waals surface area contributed by atoms with Crippen LogP contribution in [0, 0.1) is 17.0 Å². The lowest BCUT2D eigenvalue weighted by Gasteiger charge is -2.24. The van der Waals surface area contributed by atoms with Crippen LogP contribution in [0.3, 0.4) is 0 Å². The van der Waals surface area contributed by atoms with E-state index < -0.39 is 4.92 Å². The molecular weight excluding hydrogens is 378 g/mol. The van der Waals surface area contributed by atoms with Gasteiger partial charge < -0.3 is 10.2 Å². The summed E-state index contributed by atoms with van der Waals surface area (Å²) in [7, 11) is 0. The molecule has 0 spiro atoms. The first-order valence-corrected chi connectivity index (χ1v) is 9.67. The summed E-state index contributed by atoms with van der Waals surface area (Å²) >= 11 is 0. The van der Waals surface area contributed by atoms with Crippen LogP contribution in [0.25, 0.3) is 10.8 Å². The number of hydrogen-bond donors (Lipinski definition) is 1. The van der Waals surface area contributed by atoms with Gasteiger partial charge in [0.1, 0.15) is 6.33 Å². The van der Waals surface area contributed by atoms with E-state index in [2.05, 4.69) is 15.3 Å². The van der Waals surface area contributed by atoms with Crippen molar-refractivity contribution in [2.75, 3.05) is 16.8 Å². The lowest BCUT2D eigenvalue weighted by molar-refractivity contribution is -0.383. The molecule has 0 bridgehead atoms. The van der Waals surface area contributed by atoms with Crippen molar-refractivity contribution in [3.8, 4) is 0 Å². The van der Waals surface area contributed by atoms with E-state index in [-0.39, 0.29) is 17.3 Å². The van der Waals surface area contributed by atoms with Crippen LogP contribution in [0.2, 0.25) is 0 Å². The molecule has 0 radical (unpaired) electrons. The Kier molecular flexibility index (Phi) is 5.26. The third kappa shape index (κ3) is 3.65. The number of fused-ring (bicyclic) bond motifs is 1. The van der Waals surface area contributed by atoms with Crippen molar-refractivity contribution in [3.05, 3.63) is 88.7 Å². The van der Waals surface area contributed by atoms with Gasteiger partial charge in [0.2, 0.25) is 11.6 Å². The first-order chi connectivity index (χ1) is 14.6. The lowest BCUT2D eigenvalue weighted by atomic mass is 10.1. The highest BCUT2D eigenvalue weighted by Crippen LogP contribution is 2.39. The van der Waals surface area contributed by atoms with Gasteiger partial charge in [-0.05, 0) is 43.0 Å². The molecule has 0 atom stereocenters. The summed E-state index contributed by atoms with van der Waals surface area (Å²) in [5.74, 6) is 0.415. The van der Waals surface area contributed by atoms with E-state index in [1.54, 1.807) is 0 Å². The molecule has 0 aliphatic carbocycles. The lowest BCUT2D eigenvalue weighted by Crippen LogP contribution is -2.20. The predicted molar refractivity (Wildman–Crippen MR) is 120 cm³/mol. The number of nitrogens with one attached hydrogen (secondary N) is 1. The summed E-state index contributed by atoms with van der Waals surface area (Å²) in [6, 6.07) is 21.5. The van der Waals surface area contributed by atoms with E-state index in [0.29, 0.717) is 6.54 Å². The fraction of sp³-hybridized carbons (Fsp3) is 0.130. The molecule has 1 aromatic heterocycles. The summed E-state index contributed by atoms with van der Waals surface area (Å²) in [6.07, 6.45) is 1.36. The largest absolute Gasteiger partial charge is 0.354 e. The quantitative estimate of drug-likeness (QED) is 0.328. The molecular formula is C23H21N5O2. The molecule has 0 saturated heterocycles. The van der Waals surface area contributed by atoms with E-state index in [1.165, 1.54) is 6.33 Å². The van der Waals surface area contributed by atoms with Gasteiger partial charge in [0.15, 0.2) is 0 Å². The zero-order valence-corrected chi connectivity index (χ0v) is 16.7. The Morgan fingerprint density at radius 3 is 2.57 bits per heavy atom. The Labute approximate surface area is 174 Å². The molecule has 150 valence electrons. The van der Waals surface area contributed by atoms with E-state index in [1.807, 2.05) is 85.5 Å². The van der Waals surface area contributed by atoms with Crippen molar-refractivity contribution in [3.63, 3.8) is 0 Å². The summed E-state index contributed by atoms with van der Waals surface area (Å²) in [4.78, 5) is 22.0. The van der Waals surface area contributed by atoms with Gasteiger partial charge in [-0.2, -0.15) is 0 Å². The van der Waals surface area contributed by atoms with Crippen LogP contribution in [0.15, 0.2) is 73.1 Å². The first-order valence-electron chi connectivity index (χ1n) is 9.67. The van der Waals surface area contributed by atoms with Gasteiger partial charge in [-0.3, -0.25) is 10.1 Å². The molecule has 30 heavy (non-hydrogen) atoms. The van der Waals surface area contributed by atoms with E-state index in [0.717, 1.165) is 27.7 Å². The SMILES string of the molecule is CCN(c1ncnc(Nc2cccc(C)c2)c1[N+](=O)[O-])c1cccc2ccccc12. The molecule has 0 fully saturated rings. The number of nitro groups is 1. The van der Waals surface area contributed by atoms with Crippen LogP contribution < -0.4 is 10.2 Å². The van der Waals surface area contributed by atoms with Crippen molar-refractivity contribution in [2.45, 2.75) is 13.8 Å². The summed E-state index contributed by atoms with van der Waals surface area (Å²) in [6.45, 7) is 4.42. The minimum atomic E-state index is -0.429. The highest BCUT2D eigenvalue weighted by atomic mass is 16.6. The second kappa shape index (κ2) is 8.16. The minimum absolute atomic E-state index is 0.159. The van der Waals surface area contributed by atoms with Crippen molar-refractivity contribution in [1.29, 1.82) is 0 Å². The summed E-state index contributed by atoms with van der Waals surface area (Å²) < 4.78 is 0. The predicted octanol–water partition coefficient (Wildman–Crippen LogP) is 5.75. The van der Waals surface area contributed by atoms with Crippen molar-refractivity contribution in [2.24, 2.45) is 0 Å². The van der Waals surface area contributed by atoms with Crippen LogP contribution in [-0.4, -0.2) is 21.4 Å². The van der Waals surface area contributed by atoms with Gasteiger partial charge in [-0.25, -0.2) is 9.97 Å². The molecule has 7 heteroatoms. The molecule has 0 aliphatic heterocycles. The highest BCUT2D eigenvalue weighted by molar-refractivity contribution is 5.97. The number of nitrogens with zero attached hydrogens (tertiary/aromatic N) is 4. The smallest absolute Gasteiger partial charge is 0.334 e. The Morgan fingerprint density at radius 1 is 1.03 bits per heavy atom. The minimum Gasteiger partial charge on any atom is -0.334 e. The van der Waals surface area contributed by atoms with Gasteiger partial charge in [0.05, 0.1) is 10.6 Å². The maximum Gasteiger partial charge on any atom is 0.354 e. The number of benzene rings is 3. The molecule has 1 N–H and O–H groups in total. The second-order valence-corrected chi connectivity index (χ2v) is 6.89. The Balaban J connectivity index is 1.85. The molecule has 7 nitrogen and oxygen atoms in total. The second-order valence-electron chi connectivity index (χ2n) is 6.89. The van der Waals surface area contributed by atoms with Gasteiger partial charge in [-0.1, -0.05) is 48.5 Å². The van der Waals surface area contributed by atoms with Gasteiger partial charge in [-0.15, -0.1) is 0 Å². The third-order valence-corrected chi connectivity index (χ3v) is 4.90. The number of rotatable bonds is 6. The van der Waals surface area contributed by atoms with Crippen LogP contribution in [0.4, 0.5) is 28.7 Å². The van der Waals surface area contributed by atoms with Crippen LogP contribution in [-0.2, 0) is 0 Å². The average molecular weight is 399 g/mol. The fourth-order valence-electron chi connectivity index (χ4n) is 3.56. The molecule has 0 saturated carbocycles. The van der Waals surface area contributed by atoms with E-state index >= 15 is 0 Å². The molecule has 4 aromatic rings. The summed E-state index contributed by atoms with van der Waals surface area (Å²) in [5, 5.41) is 17.2. The molecule has 0 unspecified atom stereocenters.